The Morgan fingerprint density at radius 3 is 2.57 bits per heavy atom. The zero-order chi connectivity index (χ0) is 20.8. The molecule has 0 bridgehead atoms. The topological polar surface area (TPSA) is 30.3 Å². The highest BCUT2D eigenvalue weighted by molar-refractivity contribution is 5.76. The number of para-hydroxylation sites is 2. The highest BCUT2D eigenvalue weighted by atomic mass is 16.5. The minimum atomic E-state index is 0.360. The number of rotatable bonds is 8. The molecule has 3 aromatic rings. The standard InChI is InChI=1S/C26H35N3O/c1-21-12-11-13-23(20-21)30-19-10-9-18-29-25-15-6-5-14-24(25)27-26(29)22(2)28-16-7-3-4-8-17-28/h5-6,11-15,20,22H,3-4,7-10,16-19H2,1-2H3. The van der Waals surface area contributed by atoms with E-state index in [0.29, 0.717) is 6.04 Å². The van der Waals surface area contributed by atoms with Crippen LogP contribution < -0.4 is 4.74 Å². The Morgan fingerprint density at radius 2 is 1.77 bits per heavy atom. The van der Waals surface area contributed by atoms with Crippen LogP contribution in [0, 0.1) is 6.92 Å². The summed E-state index contributed by atoms with van der Waals surface area (Å²) in [4.78, 5) is 7.70. The van der Waals surface area contributed by atoms with E-state index in [-0.39, 0.29) is 0 Å². The molecule has 4 nitrogen and oxygen atoms in total. The first-order chi connectivity index (χ1) is 14.7. The van der Waals surface area contributed by atoms with Crippen molar-refractivity contribution >= 4 is 11.0 Å². The maximum absolute atomic E-state index is 5.95. The minimum absolute atomic E-state index is 0.360. The third kappa shape index (κ3) is 5.04. The van der Waals surface area contributed by atoms with Gasteiger partial charge in [0.15, 0.2) is 0 Å². The van der Waals surface area contributed by atoms with E-state index in [1.165, 1.54) is 55.7 Å². The van der Waals surface area contributed by atoms with Gasteiger partial charge in [0.25, 0.3) is 0 Å². The van der Waals surface area contributed by atoms with Crippen molar-refractivity contribution in [2.24, 2.45) is 0 Å². The van der Waals surface area contributed by atoms with Crippen molar-refractivity contribution in [2.75, 3.05) is 19.7 Å². The molecule has 160 valence electrons. The lowest BCUT2D eigenvalue weighted by Crippen LogP contribution is -2.30. The zero-order valence-electron chi connectivity index (χ0n) is 18.5. The molecule has 0 saturated carbocycles. The summed E-state index contributed by atoms with van der Waals surface area (Å²) in [6.07, 6.45) is 7.47. The lowest BCUT2D eigenvalue weighted by molar-refractivity contribution is 0.207. The molecule has 1 saturated heterocycles. The Morgan fingerprint density at radius 1 is 0.967 bits per heavy atom. The summed E-state index contributed by atoms with van der Waals surface area (Å²) in [5, 5.41) is 0. The van der Waals surface area contributed by atoms with Crippen LogP contribution in [-0.2, 0) is 6.54 Å². The van der Waals surface area contributed by atoms with Crippen molar-refractivity contribution in [2.45, 2.75) is 65.0 Å². The second-order valence-corrected chi connectivity index (χ2v) is 8.61. The van der Waals surface area contributed by atoms with Gasteiger partial charge in [0.05, 0.1) is 23.7 Å². The normalized spacial score (nSPS) is 16.5. The van der Waals surface area contributed by atoms with Gasteiger partial charge >= 0.3 is 0 Å². The molecule has 0 amide bonds. The molecule has 1 aliphatic rings. The molecule has 0 aliphatic carbocycles. The average Bonchev–Trinajstić information content (AvgIpc) is 2.92. The summed E-state index contributed by atoms with van der Waals surface area (Å²) in [7, 11) is 0. The van der Waals surface area contributed by atoms with Crippen LogP contribution >= 0.6 is 0 Å². The average molecular weight is 406 g/mol. The van der Waals surface area contributed by atoms with Crippen molar-refractivity contribution in [1.29, 1.82) is 0 Å². The highest BCUT2D eigenvalue weighted by Gasteiger charge is 2.23. The first-order valence-electron chi connectivity index (χ1n) is 11.6. The van der Waals surface area contributed by atoms with Gasteiger partial charge in [-0.15, -0.1) is 0 Å². The Bertz CT molecular complexity index is 940. The van der Waals surface area contributed by atoms with E-state index in [0.717, 1.165) is 37.3 Å². The van der Waals surface area contributed by atoms with Crippen LogP contribution in [0.4, 0.5) is 0 Å². The van der Waals surface area contributed by atoms with Gasteiger partial charge in [-0.25, -0.2) is 4.98 Å². The van der Waals surface area contributed by atoms with Crippen LogP contribution in [0.25, 0.3) is 11.0 Å². The Balaban J connectivity index is 1.42. The largest absolute Gasteiger partial charge is 0.494 e. The van der Waals surface area contributed by atoms with Crippen LogP contribution in [0.3, 0.4) is 0 Å². The maximum atomic E-state index is 5.95. The van der Waals surface area contributed by atoms with Crippen molar-refractivity contribution in [3.05, 3.63) is 59.9 Å². The smallest absolute Gasteiger partial charge is 0.127 e. The van der Waals surface area contributed by atoms with E-state index in [4.69, 9.17) is 9.72 Å². The monoisotopic (exact) mass is 405 g/mol. The number of likely N-dealkylation sites (tertiary alicyclic amines) is 1. The number of hydrogen-bond acceptors (Lipinski definition) is 3. The second-order valence-electron chi connectivity index (χ2n) is 8.61. The number of fused-ring (bicyclic) bond motifs is 1. The van der Waals surface area contributed by atoms with Gasteiger partial charge in [0.1, 0.15) is 11.6 Å². The number of aryl methyl sites for hydroxylation is 2. The molecule has 30 heavy (non-hydrogen) atoms. The van der Waals surface area contributed by atoms with E-state index >= 15 is 0 Å². The summed E-state index contributed by atoms with van der Waals surface area (Å²) in [6, 6.07) is 17.2. The number of benzene rings is 2. The first-order valence-corrected chi connectivity index (χ1v) is 11.6. The lowest BCUT2D eigenvalue weighted by atomic mass is 10.2. The van der Waals surface area contributed by atoms with Crippen molar-refractivity contribution in [1.82, 2.24) is 14.5 Å². The molecule has 1 unspecified atom stereocenters. The van der Waals surface area contributed by atoms with Crippen LogP contribution in [-0.4, -0.2) is 34.1 Å². The molecule has 1 aliphatic heterocycles. The highest BCUT2D eigenvalue weighted by Crippen LogP contribution is 2.27. The molecule has 0 N–H and O–H groups in total. The fourth-order valence-corrected chi connectivity index (χ4v) is 4.56. The number of ether oxygens (including phenoxy) is 1. The first kappa shape index (κ1) is 20.9. The van der Waals surface area contributed by atoms with Crippen LogP contribution in [0.5, 0.6) is 5.75 Å². The zero-order valence-corrected chi connectivity index (χ0v) is 18.5. The molecule has 2 heterocycles. The minimum Gasteiger partial charge on any atom is -0.494 e. The number of nitrogens with zero attached hydrogens (tertiary/aromatic N) is 3. The fourth-order valence-electron chi connectivity index (χ4n) is 4.56. The van der Waals surface area contributed by atoms with Crippen molar-refractivity contribution in [3.8, 4) is 5.75 Å². The van der Waals surface area contributed by atoms with Gasteiger partial charge < -0.3 is 9.30 Å². The summed E-state index contributed by atoms with van der Waals surface area (Å²) < 4.78 is 8.40. The summed E-state index contributed by atoms with van der Waals surface area (Å²) in [5.41, 5.74) is 3.61. The molecular formula is C26H35N3O. The SMILES string of the molecule is Cc1cccc(OCCCCn2c(C(C)N3CCCCCC3)nc3ccccc32)c1. The molecule has 4 rings (SSSR count). The predicted octanol–water partition coefficient (Wildman–Crippen LogP) is 6.14. The Labute approximate surface area is 180 Å². The Hall–Kier alpha value is -2.33. The van der Waals surface area contributed by atoms with Gasteiger partial charge in [-0.05, 0) is 82.4 Å². The van der Waals surface area contributed by atoms with Gasteiger partial charge in [-0.1, -0.05) is 37.1 Å². The maximum Gasteiger partial charge on any atom is 0.127 e. The van der Waals surface area contributed by atoms with E-state index < -0.39 is 0 Å². The van der Waals surface area contributed by atoms with Gasteiger partial charge in [0, 0.05) is 6.54 Å². The lowest BCUT2D eigenvalue weighted by Gasteiger charge is -2.27. The van der Waals surface area contributed by atoms with Gasteiger partial charge in [-0.2, -0.15) is 0 Å². The van der Waals surface area contributed by atoms with Gasteiger partial charge in [0.2, 0.25) is 0 Å². The number of hydrogen-bond donors (Lipinski definition) is 0. The van der Waals surface area contributed by atoms with Crippen molar-refractivity contribution < 1.29 is 4.74 Å². The van der Waals surface area contributed by atoms with E-state index in [9.17, 15) is 0 Å². The predicted molar refractivity (Wildman–Crippen MR) is 124 cm³/mol. The number of aromatic nitrogens is 2. The third-order valence-corrected chi connectivity index (χ3v) is 6.28. The molecule has 0 spiro atoms. The van der Waals surface area contributed by atoms with Crippen molar-refractivity contribution in [3.63, 3.8) is 0 Å². The van der Waals surface area contributed by atoms with E-state index in [1.807, 2.05) is 6.07 Å². The number of unbranched alkanes of at least 4 members (excludes halogenated alkanes) is 1. The molecule has 4 heteroatoms. The molecule has 0 radical (unpaired) electrons. The fraction of sp³-hybridized carbons (Fsp3) is 0.500. The summed E-state index contributed by atoms with van der Waals surface area (Å²) in [5.74, 6) is 2.19. The summed E-state index contributed by atoms with van der Waals surface area (Å²) >= 11 is 0. The molecule has 1 fully saturated rings. The summed E-state index contributed by atoms with van der Waals surface area (Å²) in [6.45, 7) is 8.57. The van der Waals surface area contributed by atoms with E-state index in [1.54, 1.807) is 0 Å². The van der Waals surface area contributed by atoms with Gasteiger partial charge in [-0.3, -0.25) is 4.90 Å². The Kier molecular flexibility index (Phi) is 7.06. The van der Waals surface area contributed by atoms with E-state index in [2.05, 4.69) is 65.8 Å². The van der Waals surface area contributed by atoms with Crippen LogP contribution in [0.2, 0.25) is 0 Å². The van der Waals surface area contributed by atoms with Crippen LogP contribution in [0.15, 0.2) is 48.5 Å². The quantitative estimate of drug-likeness (QED) is 0.422. The second kappa shape index (κ2) is 10.1. The molecule has 2 aromatic carbocycles. The number of imidazole rings is 1. The third-order valence-electron chi connectivity index (χ3n) is 6.28. The van der Waals surface area contributed by atoms with Crippen LogP contribution in [0.1, 0.15) is 62.9 Å². The molecular weight excluding hydrogens is 370 g/mol. The molecule has 1 aromatic heterocycles. The molecule has 1 atom stereocenters.